The normalized spacial score (nSPS) is 12.0. The Kier molecular flexibility index (Phi) is 8.85. The summed E-state index contributed by atoms with van der Waals surface area (Å²) in [6, 6.07) is 14.2. The molecule has 0 heterocycles. The summed E-state index contributed by atoms with van der Waals surface area (Å²) < 4.78 is 26.6. The van der Waals surface area contributed by atoms with Crippen molar-refractivity contribution in [3.63, 3.8) is 0 Å². The number of carbonyl (C=O) groups excluding carboxylic acids is 1. The molecule has 0 bridgehead atoms. The molecule has 0 aliphatic rings. The fraction of sp³-hybridized carbons (Fsp3) is 0.409. The van der Waals surface area contributed by atoms with Gasteiger partial charge in [-0.2, -0.15) is 4.31 Å². The molecule has 0 aliphatic carbocycles. The van der Waals surface area contributed by atoms with Crippen molar-refractivity contribution in [2.45, 2.75) is 37.8 Å². The lowest BCUT2D eigenvalue weighted by Gasteiger charge is -2.21. The number of hydrogen-bond donors (Lipinski definition) is 1. The van der Waals surface area contributed by atoms with E-state index in [1.807, 2.05) is 25.2 Å². The van der Waals surface area contributed by atoms with Crippen LogP contribution in [-0.4, -0.2) is 56.8 Å². The smallest absolute Gasteiger partial charge is 0.252 e. The number of benzene rings is 2. The van der Waals surface area contributed by atoms with E-state index in [-0.39, 0.29) is 27.4 Å². The first-order valence-electron chi connectivity index (χ1n) is 9.91. The van der Waals surface area contributed by atoms with Gasteiger partial charge in [0, 0.05) is 26.2 Å². The summed E-state index contributed by atoms with van der Waals surface area (Å²) in [5.74, 6) is -0.380. The second kappa shape index (κ2) is 10.9. The molecule has 0 saturated carbocycles. The maximum Gasteiger partial charge on any atom is 0.252 e. The van der Waals surface area contributed by atoms with E-state index in [4.69, 9.17) is 11.6 Å². The molecule has 0 saturated heterocycles. The molecule has 2 aromatic rings. The molecule has 0 atom stereocenters. The Labute approximate surface area is 184 Å². The van der Waals surface area contributed by atoms with Crippen molar-refractivity contribution in [3.05, 3.63) is 64.7 Å². The maximum atomic E-state index is 12.7. The van der Waals surface area contributed by atoms with Gasteiger partial charge in [-0.25, -0.2) is 8.42 Å². The first kappa shape index (κ1) is 24.3. The summed E-state index contributed by atoms with van der Waals surface area (Å²) in [5, 5.41) is 3.05. The highest BCUT2D eigenvalue weighted by atomic mass is 35.5. The molecule has 0 spiro atoms. The molecule has 0 radical (unpaired) electrons. The Morgan fingerprint density at radius 2 is 1.77 bits per heavy atom. The monoisotopic (exact) mass is 451 g/mol. The minimum atomic E-state index is -3.69. The molecule has 1 N–H and O–H groups in total. The van der Waals surface area contributed by atoms with Crippen LogP contribution in [0.15, 0.2) is 53.4 Å². The highest BCUT2D eigenvalue weighted by Crippen LogP contribution is 2.23. The van der Waals surface area contributed by atoms with Gasteiger partial charge in [0.1, 0.15) is 0 Å². The predicted octanol–water partition coefficient (Wildman–Crippen LogP) is 3.62. The van der Waals surface area contributed by atoms with Gasteiger partial charge < -0.3 is 10.2 Å². The summed E-state index contributed by atoms with van der Waals surface area (Å²) in [5.41, 5.74) is 1.40. The fourth-order valence-corrected chi connectivity index (χ4v) is 4.50. The topological polar surface area (TPSA) is 69.7 Å². The molecule has 0 aliphatic heterocycles. The molecule has 6 nitrogen and oxygen atoms in total. The van der Waals surface area contributed by atoms with E-state index < -0.39 is 10.0 Å². The van der Waals surface area contributed by atoms with Crippen LogP contribution < -0.4 is 5.32 Å². The second-order valence-corrected chi connectivity index (χ2v) is 9.99. The third kappa shape index (κ3) is 6.54. The predicted molar refractivity (Wildman–Crippen MR) is 121 cm³/mol. The van der Waals surface area contributed by atoms with Crippen LogP contribution in [0.5, 0.6) is 0 Å². The molecule has 0 fully saturated rings. The zero-order valence-electron chi connectivity index (χ0n) is 17.9. The quantitative estimate of drug-likeness (QED) is 0.560. The van der Waals surface area contributed by atoms with E-state index in [0.29, 0.717) is 6.54 Å². The third-order valence-corrected chi connectivity index (χ3v) is 7.24. The molecular weight excluding hydrogens is 422 g/mol. The van der Waals surface area contributed by atoms with Crippen molar-refractivity contribution in [1.82, 2.24) is 14.5 Å². The Hall–Kier alpha value is -1.93. The van der Waals surface area contributed by atoms with Crippen LogP contribution in [0.4, 0.5) is 0 Å². The Morgan fingerprint density at radius 1 is 1.10 bits per heavy atom. The molecule has 2 rings (SSSR count). The highest BCUT2D eigenvalue weighted by molar-refractivity contribution is 7.89. The average Bonchev–Trinajstić information content (AvgIpc) is 2.71. The van der Waals surface area contributed by atoms with E-state index in [9.17, 15) is 13.2 Å². The molecule has 0 unspecified atom stereocenters. The second-order valence-electron chi connectivity index (χ2n) is 7.59. The first-order valence-corrected chi connectivity index (χ1v) is 11.7. The zero-order valence-corrected chi connectivity index (χ0v) is 19.5. The summed E-state index contributed by atoms with van der Waals surface area (Å²) in [6.45, 7) is 5.70. The van der Waals surface area contributed by atoms with Crippen LogP contribution >= 0.6 is 11.6 Å². The van der Waals surface area contributed by atoms with Crippen LogP contribution in [0.1, 0.15) is 36.2 Å². The minimum absolute atomic E-state index is 0.0517. The van der Waals surface area contributed by atoms with Crippen LogP contribution in [0, 0.1) is 0 Å². The van der Waals surface area contributed by atoms with Crippen molar-refractivity contribution in [1.29, 1.82) is 0 Å². The number of halogens is 1. The number of hydrogen-bond acceptors (Lipinski definition) is 4. The van der Waals surface area contributed by atoms with Gasteiger partial charge in [-0.3, -0.25) is 4.79 Å². The standard InChI is InChI=1S/C22H30ClN3O3S/c1-17(2)26(4)30(28,29)19-11-12-21(23)20(15-19)22(27)24-13-8-14-25(3)16-18-9-6-5-7-10-18/h5-7,9-12,15,17H,8,13-14,16H2,1-4H3,(H,24,27). The Bertz CT molecular complexity index is 949. The Morgan fingerprint density at radius 3 is 2.40 bits per heavy atom. The van der Waals surface area contributed by atoms with Crippen LogP contribution in [0.3, 0.4) is 0 Å². The number of rotatable bonds is 10. The van der Waals surface area contributed by atoms with Gasteiger partial charge in [0.2, 0.25) is 10.0 Å². The van der Waals surface area contributed by atoms with E-state index in [2.05, 4.69) is 22.3 Å². The number of carbonyl (C=O) groups is 1. The molecule has 1 amide bonds. The number of amides is 1. The van der Waals surface area contributed by atoms with Gasteiger partial charge in [-0.15, -0.1) is 0 Å². The number of sulfonamides is 1. The van der Waals surface area contributed by atoms with Gasteiger partial charge in [0.15, 0.2) is 0 Å². The van der Waals surface area contributed by atoms with E-state index in [0.717, 1.165) is 19.5 Å². The van der Waals surface area contributed by atoms with Gasteiger partial charge in [-0.1, -0.05) is 41.9 Å². The zero-order chi connectivity index (χ0) is 22.3. The van der Waals surface area contributed by atoms with Crippen LogP contribution in [0.25, 0.3) is 0 Å². The summed E-state index contributed by atoms with van der Waals surface area (Å²) in [4.78, 5) is 14.8. The van der Waals surface area contributed by atoms with Crippen LogP contribution in [0.2, 0.25) is 5.02 Å². The summed E-state index contributed by atoms with van der Waals surface area (Å²) in [7, 11) is -0.142. The number of nitrogens with zero attached hydrogens (tertiary/aromatic N) is 2. The largest absolute Gasteiger partial charge is 0.352 e. The minimum Gasteiger partial charge on any atom is -0.352 e. The van der Waals surface area contributed by atoms with Crippen molar-refractivity contribution >= 4 is 27.5 Å². The van der Waals surface area contributed by atoms with Gasteiger partial charge in [0.25, 0.3) is 5.91 Å². The van der Waals surface area contributed by atoms with Crippen molar-refractivity contribution < 1.29 is 13.2 Å². The van der Waals surface area contributed by atoms with Crippen molar-refractivity contribution in [2.24, 2.45) is 0 Å². The van der Waals surface area contributed by atoms with Gasteiger partial charge in [0.05, 0.1) is 15.5 Å². The average molecular weight is 452 g/mol. The highest BCUT2D eigenvalue weighted by Gasteiger charge is 2.25. The maximum absolute atomic E-state index is 12.7. The van der Waals surface area contributed by atoms with E-state index in [1.54, 1.807) is 13.8 Å². The lowest BCUT2D eigenvalue weighted by atomic mass is 10.2. The Balaban J connectivity index is 1.94. The lowest BCUT2D eigenvalue weighted by molar-refractivity contribution is 0.0952. The van der Waals surface area contributed by atoms with Crippen molar-refractivity contribution in [2.75, 3.05) is 27.2 Å². The molecule has 8 heteroatoms. The van der Waals surface area contributed by atoms with Crippen molar-refractivity contribution in [3.8, 4) is 0 Å². The molecule has 164 valence electrons. The number of nitrogens with one attached hydrogen (secondary N) is 1. The van der Waals surface area contributed by atoms with E-state index in [1.165, 1.54) is 35.1 Å². The van der Waals surface area contributed by atoms with Gasteiger partial charge in [-0.05, 0) is 57.6 Å². The summed E-state index contributed by atoms with van der Waals surface area (Å²) in [6.07, 6.45) is 0.765. The third-order valence-electron chi connectivity index (χ3n) is 4.88. The molecule has 0 aromatic heterocycles. The summed E-state index contributed by atoms with van der Waals surface area (Å²) >= 11 is 6.16. The molecule has 30 heavy (non-hydrogen) atoms. The first-order chi connectivity index (χ1) is 14.1. The SMILES string of the molecule is CC(C)N(C)S(=O)(=O)c1ccc(Cl)c(C(=O)NCCCN(C)Cc2ccccc2)c1. The fourth-order valence-electron chi connectivity index (χ4n) is 2.90. The lowest BCUT2D eigenvalue weighted by Crippen LogP contribution is -2.33. The molecular formula is C22H30ClN3O3S. The van der Waals surface area contributed by atoms with E-state index >= 15 is 0 Å². The molecule has 2 aromatic carbocycles. The van der Waals surface area contributed by atoms with Gasteiger partial charge >= 0.3 is 0 Å². The van der Waals surface area contributed by atoms with Crippen LogP contribution in [-0.2, 0) is 16.6 Å².